The number of nitrogens with zero attached hydrogens (tertiary/aromatic N) is 5. The number of morpholine rings is 2. The fourth-order valence-corrected chi connectivity index (χ4v) is 4.27. The molecule has 0 amide bonds. The number of hydrogen-bond acceptors (Lipinski definition) is 8. The molecule has 2 aliphatic rings. The van der Waals surface area contributed by atoms with Gasteiger partial charge in [-0.3, -0.25) is 4.79 Å². The Balaban J connectivity index is 1.57. The van der Waals surface area contributed by atoms with E-state index in [9.17, 15) is 9.90 Å². The molecular weight excluding hydrogens is 410 g/mol. The zero-order valence-corrected chi connectivity index (χ0v) is 18.1. The van der Waals surface area contributed by atoms with E-state index in [1.54, 1.807) is 7.05 Å². The first kappa shape index (κ1) is 20.9. The predicted molar refractivity (Wildman–Crippen MR) is 122 cm³/mol. The van der Waals surface area contributed by atoms with Crippen LogP contribution < -0.4 is 15.4 Å². The van der Waals surface area contributed by atoms with E-state index in [1.165, 1.54) is 10.9 Å². The van der Waals surface area contributed by atoms with Gasteiger partial charge < -0.3 is 28.9 Å². The number of fused-ring (bicyclic) bond motifs is 1. The molecule has 2 aliphatic heterocycles. The van der Waals surface area contributed by atoms with Gasteiger partial charge in [0.2, 0.25) is 0 Å². The highest BCUT2D eigenvalue weighted by Crippen LogP contribution is 2.29. The van der Waals surface area contributed by atoms with Gasteiger partial charge in [-0.2, -0.15) is 0 Å². The molecule has 0 bridgehead atoms. The maximum Gasteiger partial charge on any atom is 0.264 e. The third-order valence-corrected chi connectivity index (χ3v) is 6.07. The van der Waals surface area contributed by atoms with Crippen molar-refractivity contribution in [2.45, 2.75) is 6.10 Å². The molecule has 3 aromatic rings. The van der Waals surface area contributed by atoms with Crippen LogP contribution in [0.25, 0.3) is 22.2 Å². The summed E-state index contributed by atoms with van der Waals surface area (Å²) in [7, 11) is 1.69. The van der Waals surface area contributed by atoms with Crippen molar-refractivity contribution in [3.63, 3.8) is 0 Å². The third-order valence-electron chi connectivity index (χ3n) is 6.07. The second-order valence-corrected chi connectivity index (χ2v) is 8.15. The topological polar surface area (TPSA) is 93.0 Å². The number of hydrogen-bond donors (Lipinski definition) is 1. The smallest absolute Gasteiger partial charge is 0.264 e. The Morgan fingerprint density at radius 1 is 1.09 bits per heavy atom. The first-order chi connectivity index (χ1) is 15.6. The van der Waals surface area contributed by atoms with Gasteiger partial charge in [-0.15, -0.1) is 0 Å². The maximum absolute atomic E-state index is 13.0. The number of pyridine rings is 1. The fourth-order valence-electron chi connectivity index (χ4n) is 4.27. The van der Waals surface area contributed by atoms with Crippen LogP contribution in [0.1, 0.15) is 0 Å². The molecule has 0 spiro atoms. The number of rotatable bonds is 4. The monoisotopic (exact) mass is 437 g/mol. The molecule has 0 aliphatic carbocycles. The highest BCUT2D eigenvalue weighted by Gasteiger charge is 2.25. The molecule has 168 valence electrons. The lowest BCUT2D eigenvalue weighted by molar-refractivity contribution is 0.00344. The maximum atomic E-state index is 13.0. The molecule has 9 nitrogen and oxygen atoms in total. The van der Waals surface area contributed by atoms with Crippen molar-refractivity contribution in [3.05, 3.63) is 47.0 Å². The molecule has 0 radical (unpaired) electrons. The third kappa shape index (κ3) is 3.94. The minimum Gasteiger partial charge on any atom is -0.394 e. The van der Waals surface area contributed by atoms with Crippen LogP contribution in [0, 0.1) is 0 Å². The highest BCUT2D eigenvalue weighted by molar-refractivity contribution is 5.92. The van der Waals surface area contributed by atoms with Gasteiger partial charge in [-0.05, 0) is 18.2 Å². The van der Waals surface area contributed by atoms with Crippen LogP contribution in [0.15, 0.2) is 41.5 Å². The van der Waals surface area contributed by atoms with Crippen LogP contribution in [0.5, 0.6) is 0 Å². The molecule has 2 fully saturated rings. The summed E-state index contributed by atoms with van der Waals surface area (Å²) >= 11 is 0. The van der Waals surface area contributed by atoms with Gasteiger partial charge in [0.1, 0.15) is 11.2 Å². The summed E-state index contributed by atoms with van der Waals surface area (Å²) in [6.45, 7) is 4.70. The van der Waals surface area contributed by atoms with Gasteiger partial charge in [-0.1, -0.05) is 12.1 Å². The number of benzene rings is 1. The summed E-state index contributed by atoms with van der Waals surface area (Å²) in [6.07, 6.45) is 1.23. The summed E-state index contributed by atoms with van der Waals surface area (Å²) in [5, 5.41) is 10.1. The quantitative estimate of drug-likeness (QED) is 0.647. The summed E-state index contributed by atoms with van der Waals surface area (Å²) < 4.78 is 12.5. The molecule has 1 unspecified atom stereocenters. The Labute approximate surface area is 185 Å². The van der Waals surface area contributed by atoms with E-state index in [-0.39, 0.29) is 18.3 Å². The van der Waals surface area contributed by atoms with E-state index in [0.717, 1.165) is 43.2 Å². The van der Waals surface area contributed by atoms with Crippen LogP contribution in [0.2, 0.25) is 0 Å². The Morgan fingerprint density at radius 3 is 2.59 bits per heavy atom. The van der Waals surface area contributed by atoms with Gasteiger partial charge in [0.05, 0.1) is 50.1 Å². The van der Waals surface area contributed by atoms with E-state index in [2.05, 4.69) is 34.1 Å². The molecule has 2 saturated heterocycles. The van der Waals surface area contributed by atoms with Gasteiger partial charge in [0.15, 0.2) is 0 Å². The molecule has 0 saturated carbocycles. The standard InChI is InChI=1S/C23H27N5O4/c1-26-15-24-20-12-19(16-2-4-17(5-3-16)27-6-9-31-10-7-27)25-22(21(20)23(26)30)28-8-11-32-18(13-28)14-29/h2-5,12,15,18,29H,6-11,13-14H2,1H3. The van der Waals surface area contributed by atoms with Gasteiger partial charge in [0, 0.05) is 44.5 Å². The number of aromatic nitrogens is 3. The van der Waals surface area contributed by atoms with Gasteiger partial charge >= 0.3 is 0 Å². The molecule has 9 heteroatoms. The zero-order valence-electron chi connectivity index (χ0n) is 18.1. The molecule has 2 aromatic heterocycles. The Kier molecular flexibility index (Phi) is 5.77. The molecule has 32 heavy (non-hydrogen) atoms. The largest absolute Gasteiger partial charge is 0.394 e. The van der Waals surface area contributed by atoms with E-state index >= 15 is 0 Å². The Hall–Kier alpha value is -3.01. The van der Waals surface area contributed by atoms with Crippen molar-refractivity contribution in [2.75, 3.05) is 62.4 Å². The number of anilines is 2. The molecule has 5 rings (SSSR count). The van der Waals surface area contributed by atoms with Crippen LogP contribution >= 0.6 is 0 Å². The molecule has 1 N–H and O–H groups in total. The number of aliphatic hydroxyl groups is 1. The number of aliphatic hydroxyl groups excluding tert-OH is 1. The average molecular weight is 438 g/mol. The van der Waals surface area contributed by atoms with Crippen LogP contribution in [-0.4, -0.2) is 78.4 Å². The van der Waals surface area contributed by atoms with E-state index in [1.807, 2.05) is 11.0 Å². The summed E-state index contributed by atoms with van der Waals surface area (Å²) in [4.78, 5) is 26.7. The average Bonchev–Trinajstić information content (AvgIpc) is 2.86. The van der Waals surface area contributed by atoms with Crippen molar-refractivity contribution < 1.29 is 14.6 Å². The lowest BCUT2D eigenvalue weighted by atomic mass is 10.1. The summed E-state index contributed by atoms with van der Waals surface area (Å²) in [5.41, 5.74) is 3.34. The zero-order chi connectivity index (χ0) is 22.1. The predicted octanol–water partition coefficient (Wildman–Crippen LogP) is 1.03. The first-order valence-corrected chi connectivity index (χ1v) is 10.9. The highest BCUT2D eigenvalue weighted by atomic mass is 16.5. The SMILES string of the molecule is Cn1cnc2cc(-c3ccc(N4CCOCC4)cc3)nc(N3CCOC(CO)C3)c2c1=O. The summed E-state index contributed by atoms with van der Waals surface area (Å²) in [6, 6.07) is 10.2. The minimum atomic E-state index is -0.308. The Morgan fingerprint density at radius 2 is 1.84 bits per heavy atom. The first-order valence-electron chi connectivity index (χ1n) is 10.9. The molecular formula is C23H27N5O4. The lowest BCUT2D eigenvalue weighted by Crippen LogP contribution is -2.45. The molecule has 4 heterocycles. The fraction of sp³-hybridized carbons (Fsp3) is 0.435. The van der Waals surface area contributed by atoms with Crippen LogP contribution in [-0.2, 0) is 16.5 Å². The normalized spacial score (nSPS) is 19.5. The number of aryl methyl sites for hydroxylation is 1. The number of ether oxygens (including phenoxy) is 2. The Bertz CT molecular complexity index is 1160. The second kappa shape index (κ2) is 8.85. The van der Waals surface area contributed by atoms with Crippen molar-refractivity contribution in [1.82, 2.24) is 14.5 Å². The van der Waals surface area contributed by atoms with Crippen molar-refractivity contribution >= 4 is 22.4 Å². The second-order valence-electron chi connectivity index (χ2n) is 8.15. The minimum absolute atomic E-state index is 0.0760. The van der Waals surface area contributed by atoms with Gasteiger partial charge in [-0.25, -0.2) is 9.97 Å². The van der Waals surface area contributed by atoms with Crippen molar-refractivity contribution in [2.24, 2.45) is 7.05 Å². The van der Waals surface area contributed by atoms with Crippen LogP contribution in [0.4, 0.5) is 11.5 Å². The van der Waals surface area contributed by atoms with Gasteiger partial charge in [0.25, 0.3) is 5.56 Å². The molecule has 1 atom stereocenters. The van der Waals surface area contributed by atoms with Crippen molar-refractivity contribution in [1.29, 1.82) is 0 Å². The lowest BCUT2D eigenvalue weighted by Gasteiger charge is -2.33. The summed E-state index contributed by atoms with van der Waals surface area (Å²) in [5.74, 6) is 0.588. The molecule has 1 aromatic carbocycles. The van der Waals surface area contributed by atoms with E-state index in [4.69, 9.17) is 14.5 Å². The van der Waals surface area contributed by atoms with E-state index < -0.39 is 0 Å². The van der Waals surface area contributed by atoms with Crippen molar-refractivity contribution in [3.8, 4) is 11.3 Å². The van der Waals surface area contributed by atoms with E-state index in [0.29, 0.717) is 36.4 Å². The van der Waals surface area contributed by atoms with Crippen LogP contribution in [0.3, 0.4) is 0 Å².